The molecule has 0 aliphatic carbocycles. The van der Waals surface area contributed by atoms with E-state index in [1.54, 1.807) is 17.1 Å². The van der Waals surface area contributed by atoms with Crippen LogP contribution < -0.4 is 0 Å². The number of hydrogen-bond donors (Lipinski definition) is 0. The number of aromatic nitrogens is 4. The van der Waals surface area contributed by atoms with E-state index in [1.807, 2.05) is 6.07 Å². The zero-order chi connectivity index (χ0) is 7.68. The van der Waals surface area contributed by atoms with Gasteiger partial charge >= 0.3 is 0 Å². The first kappa shape index (κ1) is 6.27. The van der Waals surface area contributed by atoms with Crippen molar-refractivity contribution in [3.05, 3.63) is 24.4 Å². The predicted molar refractivity (Wildman–Crippen MR) is 40.2 cm³/mol. The molecule has 0 atom stereocenters. The quantitative estimate of drug-likeness (QED) is 0.597. The molecule has 2 rings (SSSR count). The van der Waals surface area contributed by atoms with Gasteiger partial charge in [0.2, 0.25) is 0 Å². The summed E-state index contributed by atoms with van der Waals surface area (Å²) in [6.45, 7) is 2.06. The molecule has 0 fully saturated rings. The fourth-order valence-electron chi connectivity index (χ4n) is 0.960. The minimum atomic E-state index is 0.858. The topological polar surface area (TPSA) is 43.1 Å². The first-order valence-corrected chi connectivity index (χ1v) is 3.54. The van der Waals surface area contributed by atoms with E-state index in [0.29, 0.717) is 0 Å². The first-order chi connectivity index (χ1) is 5.40. The van der Waals surface area contributed by atoms with Gasteiger partial charge < -0.3 is 0 Å². The monoisotopic (exact) mass is 148 g/mol. The molecule has 4 nitrogen and oxygen atoms in total. The second kappa shape index (κ2) is 2.30. The molecule has 0 amide bonds. The normalized spacial score (nSPS) is 10.6. The lowest BCUT2D eigenvalue weighted by Gasteiger charge is -1.94. The van der Waals surface area contributed by atoms with E-state index in [2.05, 4.69) is 22.1 Å². The molecular weight excluding hydrogens is 140 g/mol. The maximum absolute atomic E-state index is 4.18. The van der Waals surface area contributed by atoms with Crippen molar-refractivity contribution in [2.75, 3.05) is 0 Å². The van der Waals surface area contributed by atoms with E-state index in [9.17, 15) is 0 Å². The van der Waals surface area contributed by atoms with Gasteiger partial charge in [-0.25, -0.2) is 4.98 Å². The van der Waals surface area contributed by atoms with Crippen molar-refractivity contribution in [2.24, 2.45) is 0 Å². The molecule has 0 saturated heterocycles. The number of fused-ring (bicyclic) bond motifs is 1. The summed E-state index contributed by atoms with van der Waals surface area (Å²) in [4.78, 5) is 4.18. The molecule has 56 valence electrons. The molecule has 0 spiro atoms. The van der Waals surface area contributed by atoms with E-state index < -0.39 is 0 Å². The molecule has 0 radical (unpaired) electrons. The van der Waals surface area contributed by atoms with Gasteiger partial charge in [0, 0.05) is 11.8 Å². The summed E-state index contributed by atoms with van der Waals surface area (Å²) < 4.78 is 1.79. The molecule has 0 aliphatic heterocycles. The maximum Gasteiger partial charge on any atom is 0.163 e. The van der Waals surface area contributed by atoms with Gasteiger partial charge in [0.1, 0.15) is 12.7 Å². The third-order valence-corrected chi connectivity index (χ3v) is 1.61. The molecule has 0 N–H and O–H groups in total. The fraction of sp³-hybridized carbons (Fsp3) is 0.286. The highest BCUT2D eigenvalue weighted by Gasteiger charge is 1.95. The lowest BCUT2D eigenvalue weighted by atomic mass is 10.3. The fourth-order valence-corrected chi connectivity index (χ4v) is 0.960. The molecule has 11 heavy (non-hydrogen) atoms. The minimum absolute atomic E-state index is 0.858. The number of aryl methyl sites for hydroxylation is 1. The largest absolute Gasteiger partial charge is 0.272 e. The molecule has 2 heterocycles. The molecule has 2 aromatic rings. The second-order valence-electron chi connectivity index (χ2n) is 2.33. The molecule has 2 aromatic heterocycles. The minimum Gasteiger partial charge on any atom is -0.272 e. The van der Waals surface area contributed by atoms with Gasteiger partial charge in [0.05, 0.1) is 0 Å². The zero-order valence-electron chi connectivity index (χ0n) is 6.23. The van der Waals surface area contributed by atoms with Crippen molar-refractivity contribution in [3.8, 4) is 0 Å². The van der Waals surface area contributed by atoms with Crippen molar-refractivity contribution < 1.29 is 0 Å². The van der Waals surface area contributed by atoms with Crippen LogP contribution in [0.4, 0.5) is 0 Å². The van der Waals surface area contributed by atoms with Crippen LogP contribution in [-0.4, -0.2) is 19.6 Å². The summed E-state index contributed by atoms with van der Waals surface area (Å²) in [5, 5.41) is 7.65. The first-order valence-electron chi connectivity index (χ1n) is 3.54. The van der Waals surface area contributed by atoms with Crippen LogP contribution >= 0.6 is 0 Å². The number of nitrogens with zero attached hydrogens (tertiary/aromatic N) is 4. The van der Waals surface area contributed by atoms with Crippen LogP contribution in [0.3, 0.4) is 0 Å². The van der Waals surface area contributed by atoms with Crippen molar-refractivity contribution in [3.63, 3.8) is 0 Å². The van der Waals surface area contributed by atoms with Crippen LogP contribution in [0.1, 0.15) is 12.6 Å². The van der Waals surface area contributed by atoms with Crippen LogP contribution in [0.2, 0.25) is 0 Å². The van der Waals surface area contributed by atoms with Crippen LogP contribution in [0.15, 0.2) is 18.7 Å². The average molecular weight is 148 g/mol. The van der Waals surface area contributed by atoms with Crippen LogP contribution in [0.25, 0.3) is 5.65 Å². The lowest BCUT2D eigenvalue weighted by molar-refractivity contribution is 0.976. The third-order valence-electron chi connectivity index (χ3n) is 1.61. The summed E-state index contributed by atoms with van der Waals surface area (Å²) in [5.74, 6) is 0. The Hall–Kier alpha value is -1.45. The van der Waals surface area contributed by atoms with Crippen LogP contribution in [0.5, 0.6) is 0 Å². The van der Waals surface area contributed by atoms with E-state index in [1.165, 1.54) is 0 Å². The maximum atomic E-state index is 4.18. The van der Waals surface area contributed by atoms with E-state index in [0.717, 1.165) is 17.8 Å². The van der Waals surface area contributed by atoms with Gasteiger partial charge in [0.15, 0.2) is 5.65 Å². The summed E-state index contributed by atoms with van der Waals surface area (Å²) in [6, 6.07) is 1.94. The Morgan fingerprint density at radius 1 is 1.45 bits per heavy atom. The molecule has 0 saturated carbocycles. The van der Waals surface area contributed by atoms with Crippen molar-refractivity contribution in [2.45, 2.75) is 13.3 Å². The molecule has 0 aliphatic rings. The zero-order valence-corrected chi connectivity index (χ0v) is 6.23. The summed E-state index contributed by atoms with van der Waals surface area (Å²) in [7, 11) is 0. The van der Waals surface area contributed by atoms with Gasteiger partial charge in [-0.1, -0.05) is 6.92 Å². The highest BCUT2D eigenvalue weighted by molar-refractivity contribution is 5.36. The Labute approximate surface area is 63.9 Å². The third kappa shape index (κ3) is 0.960. The lowest BCUT2D eigenvalue weighted by Crippen LogP contribution is -1.90. The van der Waals surface area contributed by atoms with Crippen molar-refractivity contribution in [1.29, 1.82) is 0 Å². The van der Waals surface area contributed by atoms with Crippen LogP contribution in [0, 0.1) is 0 Å². The molecule has 0 aromatic carbocycles. The summed E-state index contributed by atoms with van der Waals surface area (Å²) in [6.07, 6.45) is 4.30. The molecule has 0 bridgehead atoms. The van der Waals surface area contributed by atoms with Gasteiger partial charge in [0.25, 0.3) is 0 Å². The summed E-state index contributed by atoms with van der Waals surface area (Å²) >= 11 is 0. The van der Waals surface area contributed by atoms with Gasteiger partial charge in [-0.05, 0) is 6.42 Å². The van der Waals surface area contributed by atoms with Crippen molar-refractivity contribution >= 4 is 5.65 Å². The van der Waals surface area contributed by atoms with E-state index in [-0.39, 0.29) is 0 Å². The van der Waals surface area contributed by atoms with E-state index in [4.69, 9.17) is 0 Å². The standard InChI is InChI=1S/C7H8N4/c1-2-6-3-7-10-9-5-11(7)4-8-6/h3-5H,2H2,1H3. The molecular formula is C7H8N4. The second-order valence-corrected chi connectivity index (χ2v) is 2.33. The molecule has 0 unspecified atom stereocenters. The van der Waals surface area contributed by atoms with Gasteiger partial charge in [-0.2, -0.15) is 0 Å². The number of rotatable bonds is 1. The predicted octanol–water partition coefficient (Wildman–Crippen LogP) is 0.687. The highest BCUT2D eigenvalue weighted by Crippen LogP contribution is 2.00. The van der Waals surface area contributed by atoms with E-state index >= 15 is 0 Å². The average Bonchev–Trinajstić information content (AvgIpc) is 2.50. The Kier molecular flexibility index (Phi) is 1.31. The van der Waals surface area contributed by atoms with Gasteiger partial charge in [-0.15, -0.1) is 10.2 Å². The Bertz CT molecular complexity index is 365. The Morgan fingerprint density at radius 2 is 2.36 bits per heavy atom. The smallest absolute Gasteiger partial charge is 0.163 e. The highest BCUT2D eigenvalue weighted by atomic mass is 15.2. The Balaban J connectivity index is 2.67. The Morgan fingerprint density at radius 3 is 3.18 bits per heavy atom. The molecule has 4 heteroatoms. The SMILES string of the molecule is CCc1cc2nncn2cn1. The summed E-state index contributed by atoms with van der Waals surface area (Å²) in [5.41, 5.74) is 1.90. The van der Waals surface area contributed by atoms with Crippen molar-refractivity contribution in [1.82, 2.24) is 19.6 Å². The number of hydrogen-bond acceptors (Lipinski definition) is 3. The van der Waals surface area contributed by atoms with Gasteiger partial charge in [-0.3, -0.25) is 4.40 Å². The van der Waals surface area contributed by atoms with Crippen LogP contribution in [-0.2, 0) is 6.42 Å².